The van der Waals surface area contributed by atoms with E-state index in [1.165, 1.54) is 36.4 Å². The van der Waals surface area contributed by atoms with Gasteiger partial charge in [-0.3, -0.25) is 0 Å². The Morgan fingerprint density at radius 3 is 1.27 bits per heavy atom. The molecule has 0 aliphatic heterocycles. The quantitative estimate of drug-likeness (QED) is 0.663. The van der Waals surface area contributed by atoms with E-state index in [0.717, 1.165) is 0 Å². The predicted octanol–water partition coefficient (Wildman–Crippen LogP) is 2.52. The number of anilines is 2. The topological polar surface area (TPSA) is 120 Å². The lowest BCUT2D eigenvalue weighted by Crippen LogP contribution is -2.12. The fraction of sp³-hybridized carbons (Fsp3) is 0. The van der Waals surface area contributed by atoms with Crippen LogP contribution in [0.5, 0.6) is 0 Å². The van der Waals surface area contributed by atoms with Gasteiger partial charge in [-0.05, 0) is 36.4 Å². The molecule has 0 spiro atoms. The summed E-state index contributed by atoms with van der Waals surface area (Å²) in [4.78, 5) is -0.669. The highest BCUT2D eigenvalue weighted by Crippen LogP contribution is 2.35. The van der Waals surface area contributed by atoms with Gasteiger partial charge in [-0.2, -0.15) is 0 Å². The van der Waals surface area contributed by atoms with E-state index in [-0.39, 0.29) is 31.0 Å². The summed E-state index contributed by atoms with van der Waals surface area (Å²) in [6.45, 7) is 0. The number of hydrogen-bond acceptors (Lipinski definition) is 6. The van der Waals surface area contributed by atoms with Crippen LogP contribution in [0.1, 0.15) is 0 Å². The molecule has 0 saturated heterocycles. The molecule has 6 nitrogen and oxygen atoms in total. The first-order valence-corrected chi connectivity index (χ1v) is 10.5. The normalized spacial score (nSPS) is 12.0. The fourth-order valence-corrected chi connectivity index (χ4v) is 5.50. The smallest absolute Gasteiger partial charge is 0.208 e. The number of hydrogen-bond donors (Lipinski definition) is 2. The van der Waals surface area contributed by atoms with E-state index in [0.29, 0.717) is 0 Å². The minimum atomic E-state index is -4.03. The van der Waals surface area contributed by atoms with Crippen molar-refractivity contribution in [2.24, 2.45) is 0 Å². The van der Waals surface area contributed by atoms with Gasteiger partial charge in [0.05, 0.1) is 25.3 Å². The molecule has 0 bridgehead atoms. The lowest BCUT2D eigenvalue weighted by Gasteiger charge is -2.14. The molecule has 0 aromatic heterocycles. The Morgan fingerprint density at radius 1 is 0.577 bits per heavy atom. The van der Waals surface area contributed by atoms with Gasteiger partial charge in [-0.25, -0.2) is 16.8 Å². The summed E-state index contributed by atoms with van der Waals surface area (Å²) in [5.41, 5.74) is 11.4. The van der Waals surface area contributed by atoms with E-state index in [9.17, 15) is 16.8 Å². The minimum Gasteiger partial charge on any atom is -0.399 e. The fourth-order valence-electron chi connectivity index (χ4n) is 2.52. The zero-order chi connectivity index (χ0) is 18.9. The molecule has 0 atom stereocenters. The number of nitrogens with two attached hydrogens (primary N) is 2. The third kappa shape index (κ3) is 3.04. The van der Waals surface area contributed by atoms with Crippen LogP contribution in [0.3, 0.4) is 0 Å². The third-order valence-corrected chi connectivity index (χ3v) is 7.43. The zero-order valence-corrected chi connectivity index (χ0v) is 15.2. The van der Waals surface area contributed by atoms with Crippen molar-refractivity contribution in [3.63, 3.8) is 0 Å². The summed E-state index contributed by atoms with van der Waals surface area (Å²) in [6.07, 6.45) is 0. The maximum Gasteiger partial charge on any atom is 0.208 e. The van der Waals surface area contributed by atoms with Gasteiger partial charge in [-0.15, -0.1) is 0 Å². The summed E-state index contributed by atoms with van der Waals surface area (Å²) < 4.78 is 51.6. The molecule has 3 aromatic carbocycles. The van der Waals surface area contributed by atoms with Crippen molar-refractivity contribution in [1.29, 1.82) is 0 Å². The largest absolute Gasteiger partial charge is 0.399 e. The maximum absolute atomic E-state index is 12.9. The second-order valence-corrected chi connectivity index (χ2v) is 9.40. The number of rotatable bonds is 4. The van der Waals surface area contributed by atoms with Crippen LogP contribution in [0.2, 0.25) is 0 Å². The van der Waals surface area contributed by atoms with Crippen molar-refractivity contribution < 1.29 is 16.8 Å². The van der Waals surface area contributed by atoms with Crippen LogP contribution in [-0.2, 0) is 19.7 Å². The highest BCUT2D eigenvalue weighted by Gasteiger charge is 2.28. The van der Waals surface area contributed by atoms with E-state index in [2.05, 4.69) is 0 Å². The number of nitrogen functional groups attached to an aromatic ring is 2. The third-order valence-electron chi connectivity index (χ3n) is 3.81. The van der Waals surface area contributed by atoms with Gasteiger partial charge in [0.15, 0.2) is 0 Å². The summed E-state index contributed by atoms with van der Waals surface area (Å²) in [7, 11) is -8.05. The van der Waals surface area contributed by atoms with Crippen molar-refractivity contribution >= 4 is 31.0 Å². The van der Waals surface area contributed by atoms with Crippen LogP contribution in [0.4, 0.5) is 11.4 Å². The SMILES string of the molecule is Nc1cc(S(=O)(=O)c2ccccc2)c(N)c(S(=O)(=O)c2ccccc2)c1. The first-order valence-electron chi connectivity index (χ1n) is 7.54. The molecule has 0 aliphatic rings. The number of sulfone groups is 2. The first kappa shape index (κ1) is 18.0. The van der Waals surface area contributed by atoms with Crippen LogP contribution in [-0.4, -0.2) is 16.8 Å². The van der Waals surface area contributed by atoms with Gasteiger partial charge in [0, 0.05) is 5.69 Å². The molecule has 0 saturated carbocycles. The second-order valence-electron chi connectivity index (χ2n) is 5.56. The highest BCUT2D eigenvalue weighted by molar-refractivity contribution is 7.92. The molecule has 0 unspecified atom stereocenters. The Kier molecular flexibility index (Phi) is 4.47. The molecule has 134 valence electrons. The number of benzene rings is 3. The summed E-state index contributed by atoms with van der Waals surface area (Å²) in [6, 6.07) is 17.6. The van der Waals surface area contributed by atoms with Crippen molar-refractivity contribution in [2.75, 3.05) is 11.5 Å². The van der Waals surface area contributed by atoms with E-state index in [1.54, 1.807) is 36.4 Å². The Balaban J connectivity index is 2.27. The first-order chi connectivity index (χ1) is 12.2. The molecule has 26 heavy (non-hydrogen) atoms. The van der Waals surface area contributed by atoms with E-state index < -0.39 is 19.7 Å². The monoisotopic (exact) mass is 388 g/mol. The molecule has 0 aliphatic carbocycles. The zero-order valence-electron chi connectivity index (χ0n) is 13.5. The summed E-state index contributed by atoms with van der Waals surface area (Å²) in [5.74, 6) is 0. The van der Waals surface area contributed by atoms with Gasteiger partial charge in [0.2, 0.25) is 19.7 Å². The van der Waals surface area contributed by atoms with E-state index >= 15 is 0 Å². The molecule has 0 radical (unpaired) electrons. The molecule has 3 aromatic rings. The highest BCUT2D eigenvalue weighted by atomic mass is 32.2. The van der Waals surface area contributed by atoms with Crippen LogP contribution in [0.15, 0.2) is 92.4 Å². The van der Waals surface area contributed by atoms with Gasteiger partial charge in [0.1, 0.15) is 0 Å². The predicted molar refractivity (Wildman–Crippen MR) is 99.1 cm³/mol. The Morgan fingerprint density at radius 2 is 0.923 bits per heavy atom. The van der Waals surface area contributed by atoms with E-state index in [4.69, 9.17) is 11.5 Å². The molecule has 0 fully saturated rings. The molecule has 0 heterocycles. The van der Waals surface area contributed by atoms with Gasteiger partial charge >= 0.3 is 0 Å². The Bertz CT molecular complexity index is 1070. The molecule has 8 heteroatoms. The lowest BCUT2D eigenvalue weighted by atomic mass is 10.3. The molecule has 0 amide bonds. The van der Waals surface area contributed by atoms with Crippen LogP contribution in [0, 0.1) is 0 Å². The van der Waals surface area contributed by atoms with Crippen LogP contribution >= 0.6 is 0 Å². The van der Waals surface area contributed by atoms with Crippen LogP contribution < -0.4 is 11.5 Å². The molecule has 3 rings (SSSR count). The summed E-state index contributed by atoms with van der Waals surface area (Å²) >= 11 is 0. The maximum atomic E-state index is 12.9. The average molecular weight is 388 g/mol. The minimum absolute atomic E-state index is 0.000332. The van der Waals surface area contributed by atoms with Crippen molar-refractivity contribution in [3.8, 4) is 0 Å². The van der Waals surface area contributed by atoms with Crippen molar-refractivity contribution in [1.82, 2.24) is 0 Å². The Hall–Kier alpha value is -2.84. The second kappa shape index (κ2) is 6.47. The Labute approximate surface area is 151 Å². The average Bonchev–Trinajstić information content (AvgIpc) is 2.64. The summed E-state index contributed by atoms with van der Waals surface area (Å²) in [5, 5.41) is 0. The van der Waals surface area contributed by atoms with Crippen LogP contribution in [0.25, 0.3) is 0 Å². The van der Waals surface area contributed by atoms with Gasteiger partial charge in [-0.1, -0.05) is 36.4 Å². The molecular formula is C18H16N2O4S2. The van der Waals surface area contributed by atoms with Crippen molar-refractivity contribution in [2.45, 2.75) is 19.6 Å². The van der Waals surface area contributed by atoms with E-state index in [1.807, 2.05) is 0 Å². The standard InChI is InChI=1S/C18H16N2O4S2/c19-13-11-16(25(21,22)14-7-3-1-4-8-14)18(20)17(12-13)26(23,24)15-9-5-2-6-10-15/h1-12H,19-20H2. The lowest BCUT2D eigenvalue weighted by molar-refractivity contribution is 0.595. The molecular weight excluding hydrogens is 372 g/mol. The van der Waals surface area contributed by atoms with Gasteiger partial charge in [0.25, 0.3) is 0 Å². The molecule has 4 N–H and O–H groups in total. The van der Waals surface area contributed by atoms with Gasteiger partial charge < -0.3 is 11.5 Å². The van der Waals surface area contributed by atoms with Crippen molar-refractivity contribution in [3.05, 3.63) is 72.8 Å².